The number of anilines is 2. The molecule has 1 heterocycles. The Balaban J connectivity index is 1.88. The zero-order chi connectivity index (χ0) is 24.0. The van der Waals surface area contributed by atoms with Gasteiger partial charge in [-0.05, 0) is 66.8 Å². The van der Waals surface area contributed by atoms with E-state index in [4.69, 9.17) is 9.47 Å². The molecule has 0 unspecified atom stereocenters. The molecule has 0 aliphatic carbocycles. The Morgan fingerprint density at radius 2 is 1.73 bits per heavy atom. The maximum Gasteiger partial charge on any atom is 0.330 e. The molecule has 2 aromatic rings. The molecule has 8 nitrogen and oxygen atoms in total. The number of hydrogen-bond acceptors (Lipinski definition) is 7. The van der Waals surface area contributed by atoms with Crippen LogP contribution in [-0.4, -0.2) is 48.8 Å². The van der Waals surface area contributed by atoms with Gasteiger partial charge in [-0.1, -0.05) is 6.92 Å². The number of ether oxygens (including phenoxy) is 3. The standard InChI is InChI=1S/C24H30N2O6S/c1-17-11-13-26(14-12-17)20-8-6-19(7-9-20)25-33(28,29)22-16-18(5-10-23(27)31-3)15-21(30-2)24(22)32-4/h5-10,15-17,25H,11-14H2,1-4H3/b10-5+. The van der Waals surface area contributed by atoms with Crippen LogP contribution in [0.15, 0.2) is 47.4 Å². The van der Waals surface area contributed by atoms with E-state index in [2.05, 4.69) is 21.3 Å². The van der Waals surface area contributed by atoms with Crippen molar-refractivity contribution in [2.45, 2.75) is 24.7 Å². The number of rotatable bonds is 8. The Hall–Kier alpha value is -3.20. The number of nitrogens with one attached hydrogen (secondary N) is 1. The van der Waals surface area contributed by atoms with Gasteiger partial charge in [0, 0.05) is 30.5 Å². The summed E-state index contributed by atoms with van der Waals surface area (Å²) in [5.41, 5.74) is 1.94. The Bertz CT molecular complexity index is 1100. The second kappa shape index (κ2) is 10.6. The summed E-state index contributed by atoms with van der Waals surface area (Å²) >= 11 is 0. The van der Waals surface area contributed by atoms with Crippen LogP contribution in [0.2, 0.25) is 0 Å². The summed E-state index contributed by atoms with van der Waals surface area (Å²) in [5, 5.41) is 0. The fraction of sp³-hybridized carbons (Fsp3) is 0.375. The zero-order valence-corrected chi connectivity index (χ0v) is 20.1. The van der Waals surface area contributed by atoms with Crippen molar-refractivity contribution in [1.29, 1.82) is 0 Å². The highest BCUT2D eigenvalue weighted by Crippen LogP contribution is 2.37. The zero-order valence-electron chi connectivity index (χ0n) is 19.3. The smallest absolute Gasteiger partial charge is 0.330 e. The number of nitrogens with zero attached hydrogens (tertiary/aromatic N) is 1. The third-order valence-electron chi connectivity index (χ3n) is 5.64. The molecular weight excluding hydrogens is 444 g/mol. The molecule has 0 spiro atoms. The second-order valence-electron chi connectivity index (χ2n) is 7.93. The van der Waals surface area contributed by atoms with Crippen molar-refractivity contribution >= 4 is 33.4 Å². The van der Waals surface area contributed by atoms with Crippen molar-refractivity contribution < 1.29 is 27.4 Å². The number of carbonyl (C=O) groups excluding carboxylic acids is 1. The van der Waals surface area contributed by atoms with E-state index in [1.54, 1.807) is 18.2 Å². The lowest BCUT2D eigenvalue weighted by molar-refractivity contribution is -0.134. The molecule has 0 amide bonds. The second-order valence-corrected chi connectivity index (χ2v) is 9.58. The Morgan fingerprint density at radius 1 is 1.06 bits per heavy atom. The minimum atomic E-state index is -4.02. The monoisotopic (exact) mass is 474 g/mol. The van der Waals surface area contributed by atoms with Crippen LogP contribution in [0.1, 0.15) is 25.3 Å². The van der Waals surface area contributed by atoms with Crippen molar-refractivity contribution in [2.24, 2.45) is 5.92 Å². The lowest BCUT2D eigenvalue weighted by Gasteiger charge is -2.32. The summed E-state index contributed by atoms with van der Waals surface area (Å²) in [6, 6.07) is 10.3. The minimum absolute atomic E-state index is 0.0688. The van der Waals surface area contributed by atoms with Crippen LogP contribution < -0.4 is 19.1 Å². The fourth-order valence-electron chi connectivity index (χ4n) is 3.70. The first-order valence-corrected chi connectivity index (χ1v) is 12.2. The van der Waals surface area contributed by atoms with Crippen LogP contribution in [0.5, 0.6) is 11.5 Å². The number of esters is 1. The molecule has 178 valence electrons. The molecule has 1 aliphatic heterocycles. The number of sulfonamides is 1. The lowest BCUT2D eigenvalue weighted by Crippen LogP contribution is -2.32. The average molecular weight is 475 g/mol. The van der Waals surface area contributed by atoms with Gasteiger partial charge in [-0.3, -0.25) is 4.72 Å². The Labute approximate surface area is 195 Å². The number of benzene rings is 2. The van der Waals surface area contributed by atoms with Crippen molar-refractivity contribution in [2.75, 3.05) is 44.0 Å². The maximum absolute atomic E-state index is 13.2. The van der Waals surface area contributed by atoms with Crippen LogP contribution in [0.25, 0.3) is 6.08 Å². The molecule has 0 atom stereocenters. The van der Waals surface area contributed by atoms with E-state index in [0.717, 1.165) is 37.5 Å². The first kappa shape index (κ1) is 24.4. The maximum atomic E-state index is 13.2. The van der Waals surface area contributed by atoms with Crippen LogP contribution in [-0.2, 0) is 19.6 Å². The summed E-state index contributed by atoms with van der Waals surface area (Å²) in [7, 11) is 0.0255. The highest BCUT2D eigenvalue weighted by molar-refractivity contribution is 7.92. The highest BCUT2D eigenvalue weighted by Gasteiger charge is 2.24. The molecule has 1 N–H and O–H groups in total. The Morgan fingerprint density at radius 3 is 2.30 bits per heavy atom. The molecule has 0 bridgehead atoms. The summed E-state index contributed by atoms with van der Waals surface area (Å²) in [5.74, 6) is 0.465. The van der Waals surface area contributed by atoms with Gasteiger partial charge in [0.25, 0.3) is 10.0 Å². The van der Waals surface area contributed by atoms with Gasteiger partial charge >= 0.3 is 5.97 Å². The largest absolute Gasteiger partial charge is 0.493 e. The van der Waals surface area contributed by atoms with Crippen molar-refractivity contribution in [3.8, 4) is 11.5 Å². The van der Waals surface area contributed by atoms with Gasteiger partial charge in [0.1, 0.15) is 4.90 Å². The molecule has 9 heteroatoms. The van der Waals surface area contributed by atoms with Gasteiger partial charge in [0.2, 0.25) is 0 Å². The molecular formula is C24H30N2O6S. The molecule has 0 aromatic heterocycles. The summed E-state index contributed by atoms with van der Waals surface area (Å²) in [6.45, 7) is 4.25. The highest BCUT2D eigenvalue weighted by atomic mass is 32.2. The molecule has 2 aromatic carbocycles. The minimum Gasteiger partial charge on any atom is -0.493 e. The van der Waals surface area contributed by atoms with E-state index in [-0.39, 0.29) is 16.4 Å². The molecule has 3 rings (SSSR count). The fourth-order valence-corrected chi connectivity index (χ4v) is 4.97. The molecule has 1 aliphatic rings. The molecule has 1 fully saturated rings. The third-order valence-corrected chi connectivity index (χ3v) is 7.02. The van der Waals surface area contributed by atoms with Crippen LogP contribution in [0.4, 0.5) is 11.4 Å². The molecule has 33 heavy (non-hydrogen) atoms. The normalized spacial score (nSPS) is 14.8. The van der Waals surface area contributed by atoms with Crippen LogP contribution >= 0.6 is 0 Å². The Kier molecular flexibility index (Phi) is 7.86. The van der Waals surface area contributed by atoms with Crippen LogP contribution in [0, 0.1) is 5.92 Å². The van der Waals surface area contributed by atoms with Gasteiger partial charge in [0.15, 0.2) is 11.5 Å². The van der Waals surface area contributed by atoms with E-state index in [1.165, 1.54) is 39.5 Å². The summed E-state index contributed by atoms with van der Waals surface area (Å²) < 4.78 is 44.3. The topological polar surface area (TPSA) is 94.2 Å². The average Bonchev–Trinajstić information content (AvgIpc) is 2.82. The third kappa shape index (κ3) is 5.98. The predicted octanol–water partition coefficient (Wildman–Crippen LogP) is 3.93. The summed E-state index contributed by atoms with van der Waals surface area (Å²) in [6.07, 6.45) is 4.94. The van der Waals surface area contributed by atoms with Gasteiger partial charge in [-0.15, -0.1) is 0 Å². The predicted molar refractivity (Wildman–Crippen MR) is 128 cm³/mol. The number of hydrogen-bond donors (Lipinski definition) is 1. The first-order chi connectivity index (χ1) is 15.8. The van der Waals surface area contributed by atoms with Gasteiger partial charge < -0.3 is 19.1 Å². The van der Waals surface area contributed by atoms with E-state index < -0.39 is 16.0 Å². The number of methoxy groups -OCH3 is 3. The van der Waals surface area contributed by atoms with E-state index in [9.17, 15) is 13.2 Å². The van der Waals surface area contributed by atoms with Crippen molar-refractivity contribution in [3.63, 3.8) is 0 Å². The van der Waals surface area contributed by atoms with Crippen molar-refractivity contribution in [3.05, 3.63) is 48.0 Å². The van der Waals surface area contributed by atoms with Crippen LogP contribution in [0.3, 0.4) is 0 Å². The van der Waals surface area contributed by atoms with E-state index in [1.807, 2.05) is 12.1 Å². The molecule has 0 saturated carbocycles. The van der Waals surface area contributed by atoms with E-state index in [0.29, 0.717) is 11.3 Å². The lowest BCUT2D eigenvalue weighted by atomic mass is 9.99. The van der Waals surface area contributed by atoms with Gasteiger partial charge in [-0.2, -0.15) is 0 Å². The molecule has 0 radical (unpaired) electrons. The number of piperidine rings is 1. The van der Waals surface area contributed by atoms with Gasteiger partial charge in [0.05, 0.1) is 21.3 Å². The summed E-state index contributed by atoms with van der Waals surface area (Å²) in [4.78, 5) is 13.6. The first-order valence-electron chi connectivity index (χ1n) is 10.7. The van der Waals surface area contributed by atoms with E-state index >= 15 is 0 Å². The van der Waals surface area contributed by atoms with Crippen molar-refractivity contribution in [1.82, 2.24) is 0 Å². The van der Waals surface area contributed by atoms with Gasteiger partial charge in [-0.25, -0.2) is 13.2 Å². The molecule has 1 saturated heterocycles. The number of carbonyl (C=O) groups is 1. The SMILES string of the molecule is COC(=O)/C=C/c1cc(OC)c(OC)c(S(=O)(=O)Nc2ccc(N3CCC(C)CC3)cc2)c1. The quantitative estimate of drug-likeness (QED) is 0.458.